The fraction of sp³-hybridized carbons (Fsp3) is 0.269. The van der Waals surface area contributed by atoms with Gasteiger partial charge in [-0.25, -0.2) is 9.69 Å². The molecule has 1 atom stereocenters. The number of carbonyl (C=O) groups excluding carboxylic acids is 3. The summed E-state index contributed by atoms with van der Waals surface area (Å²) in [5, 5.41) is 4.83. The van der Waals surface area contributed by atoms with E-state index < -0.39 is 12.1 Å². The summed E-state index contributed by atoms with van der Waals surface area (Å²) in [6, 6.07) is 15.0. The number of thiophene rings is 1. The molecule has 0 spiro atoms. The molecule has 2 aromatic carbocycles. The van der Waals surface area contributed by atoms with Crippen LogP contribution in [0, 0.1) is 13.8 Å². The van der Waals surface area contributed by atoms with Crippen LogP contribution in [0.1, 0.15) is 22.4 Å². The molecule has 1 aliphatic rings. The number of aryl methyl sites for hydroxylation is 2. The molecule has 4 amide bonds. The average Bonchev–Trinajstić information content (AvgIpc) is 3.33. The Morgan fingerprint density at radius 1 is 1.03 bits per heavy atom. The lowest BCUT2D eigenvalue weighted by Crippen LogP contribution is -2.39. The number of hydrogen-bond acceptors (Lipinski definition) is 5. The van der Waals surface area contributed by atoms with Gasteiger partial charge in [-0.3, -0.25) is 9.59 Å². The topological polar surface area (TPSA) is 79.0 Å². The van der Waals surface area contributed by atoms with Crippen molar-refractivity contribution in [2.45, 2.75) is 32.7 Å². The number of methoxy groups -OCH3 is 1. The standard InChI is InChI=1S/C26H27N3O4S/c1-17-4-8-20(9-5-17)29-25(31)22(16-24(30)27-19-6-10-21(33-3)11-7-19)28(26(29)32)14-12-23-18(2)13-15-34-23/h4-11,13,15,22H,12,14,16H2,1-3H3,(H,27,30)/t22-/m0/s1. The van der Waals surface area contributed by atoms with Crippen LogP contribution in [0.25, 0.3) is 0 Å². The summed E-state index contributed by atoms with van der Waals surface area (Å²) >= 11 is 1.63. The smallest absolute Gasteiger partial charge is 0.332 e. The molecule has 4 rings (SSSR count). The van der Waals surface area contributed by atoms with E-state index >= 15 is 0 Å². The van der Waals surface area contributed by atoms with Gasteiger partial charge in [-0.2, -0.15) is 0 Å². The molecule has 1 saturated heterocycles. The van der Waals surface area contributed by atoms with Crippen molar-refractivity contribution >= 4 is 40.6 Å². The highest BCUT2D eigenvalue weighted by molar-refractivity contribution is 7.10. The first-order valence-electron chi connectivity index (χ1n) is 11.1. The first-order chi connectivity index (χ1) is 16.4. The second-order valence-electron chi connectivity index (χ2n) is 8.26. The molecule has 176 valence electrons. The first kappa shape index (κ1) is 23.5. The first-order valence-corrected chi connectivity index (χ1v) is 11.9. The fourth-order valence-electron chi connectivity index (χ4n) is 3.96. The molecule has 3 aromatic rings. The number of ether oxygens (including phenoxy) is 1. The lowest BCUT2D eigenvalue weighted by atomic mass is 10.1. The minimum Gasteiger partial charge on any atom is -0.497 e. The molecule has 0 bridgehead atoms. The molecule has 2 heterocycles. The van der Waals surface area contributed by atoms with Gasteiger partial charge in [0.05, 0.1) is 19.2 Å². The summed E-state index contributed by atoms with van der Waals surface area (Å²) in [7, 11) is 1.57. The van der Waals surface area contributed by atoms with Crippen molar-refractivity contribution in [3.05, 3.63) is 76.0 Å². The fourth-order valence-corrected chi connectivity index (χ4v) is 4.86. The van der Waals surface area contributed by atoms with Crippen LogP contribution in [0.15, 0.2) is 60.0 Å². The molecule has 8 heteroatoms. The number of rotatable bonds is 8. The number of amides is 4. The predicted molar refractivity (Wildman–Crippen MR) is 134 cm³/mol. The van der Waals surface area contributed by atoms with Crippen LogP contribution in [-0.2, 0) is 16.0 Å². The Bertz CT molecular complexity index is 1190. The maximum absolute atomic E-state index is 13.4. The molecule has 1 fully saturated rings. The van der Waals surface area contributed by atoms with Crippen molar-refractivity contribution in [1.29, 1.82) is 0 Å². The van der Waals surface area contributed by atoms with Crippen LogP contribution >= 0.6 is 11.3 Å². The summed E-state index contributed by atoms with van der Waals surface area (Å²) in [6.07, 6.45) is 0.503. The van der Waals surface area contributed by atoms with Gasteiger partial charge in [0.1, 0.15) is 11.8 Å². The van der Waals surface area contributed by atoms with Crippen molar-refractivity contribution in [1.82, 2.24) is 4.90 Å². The van der Waals surface area contributed by atoms with E-state index in [9.17, 15) is 14.4 Å². The van der Waals surface area contributed by atoms with Gasteiger partial charge in [-0.05, 0) is 73.7 Å². The van der Waals surface area contributed by atoms with Gasteiger partial charge >= 0.3 is 6.03 Å². The van der Waals surface area contributed by atoms with Crippen LogP contribution < -0.4 is 15.0 Å². The van der Waals surface area contributed by atoms with E-state index in [1.807, 2.05) is 37.4 Å². The highest BCUT2D eigenvalue weighted by Gasteiger charge is 2.46. The maximum atomic E-state index is 13.4. The van der Waals surface area contributed by atoms with E-state index in [2.05, 4.69) is 5.32 Å². The zero-order chi connectivity index (χ0) is 24.2. The molecule has 1 N–H and O–H groups in total. The summed E-state index contributed by atoms with van der Waals surface area (Å²) in [5.41, 5.74) is 3.30. The maximum Gasteiger partial charge on any atom is 0.332 e. The van der Waals surface area contributed by atoms with Crippen molar-refractivity contribution in [2.75, 3.05) is 23.9 Å². The third kappa shape index (κ3) is 4.97. The number of hydrogen-bond donors (Lipinski definition) is 1. The largest absolute Gasteiger partial charge is 0.497 e. The van der Waals surface area contributed by atoms with Crippen molar-refractivity contribution in [3.8, 4) is 5.75 Å². The second kappa shape index (κ2) is 10.1. The number of nitrogens with one attached hydrogen (secondary N) is 1. The summed E-state index contributed by atoms with van der Waals surface area (Å²) in [5.74, 6) is -0.0423. The van der Waals surface area contributed by atoms with E-state index in [4.69, 9.17) is 4.74 Å². The minimum atomic E-state index is -0.868. The molecular formula is C26H27N3O4S. The Hall–Kier alpha value is -3.65. The summed E-state index contributed by atoms with van der Waals surface area (Å²) in [4.78, 5) is 43.5. The summed E-state index contributed by atoms with van der Waals surface area (Å²) in [6.45, 7) is 4.33. The van der Waals surface area contributed by atoms with Gasteiger partial charge in [-0.15, -0.1) is 11.3 Å². The molecule has 7 nitrogen and oxygen atoms in total. The SMILES string of the molecule is COc1ccc(NC(=O)C[C@H]2C(=O)N(c3ccc(C)cc3)C(=O)N2CCc2sccc2C)cc1. The number of benzene rings is 2. The lowest BCUT2D eigenvalue weighted by Gasteiger charge is -2.21. The van der Waals surface area contributed by atoms with E-state index in [1.54, 1.807) is 54.8 Å². The van der Waals surface area contributed by atoms with Gasteiger partial charge in [-0.1, -0.05) is 17.7 Å². The van der Waals surface area contributed by atoms with Crippen LogP contribution in [-0.4, -0.2) is 42.4 Å². The molecule has 0 saturated carbocycles. The van der Waals surface area contributed by atoms with Gasteiger partial charge in [0.25, 0.3) is 5.91 Å². The van der Waals surface area contributed by atoms with Gasteiger partial charge < -0.3 is 15.0 Å². The highest BCUT2D eigenvalue weighted by Crippen LogP contribution is 2.28. The Labute approximate surface area is 202 Å². The van der Waals surface area contributed by atoms with E-state index in [0.717, 1.165) is 16.0 Å². The Balaban J connectivity index is 1.54. The third-order valence-electron chi connectivity index (χ3n) is 5.91. The van der Waals surface area contributed by atoms with E-state index in [0.29, 0.717) is 30.1 Å². The molecule has 0 radical (unpaired) electrons. The van der Waals surface area contributed by atoms with Crippen molar-refractivity contribution in [2.24, 2.45) is 0 Å². The number of imide groups is 1. The van der Waals surface area contributed by atoms with Gasteiger partial charge in [0.2, 0.25) is 5.91 Å². The average molecular weight is 478 g/mol. The number of urea groups is 1. The number of nitrogens with zero attached hydrogens (tertiary/aromatic N) is 2. The van der Waals surface area contributed by atoms with E-state index in [1.165, 1.54) is 9.80 Å². The Kier molecular flexibility index (Phi) is 6.98. The Morgan fingerprint density at radius 2 is 1.74 bits per heavy atom. The zero-order valence-corrected chi connectivity index (χ0v) is 20.2. The predicted octanol–water partition coefficient (Wildman–Crippen LogP) is 4.78. The van der Waals surface area contributed by atoms with Crippen molar-refractivity contribution in [3.63, 3.8) is 0 Å². The molecular weight excluding hydrogens is 450 g/mol. The molecule has 0 aliphatic carbocycles. The Morgan fingerprint density at radius 3 is 2.35 bits per heavy atom. The molecule has 1 aromatic heterocycles. The minimum absolute atomic E-state index is 0.123. The second-order valence-corrected chi connectivity index (χ2v) is 9.26. The molecule has 34 heavy (non-hydrogen) atoms. The van der Waals surface area contributed by atoms with Crippen molar-refractivity contribution < 1.29 is 19.1 Å². The third-order valence-corrected chi connectivity index (χ3v) is 6.99. The van der Waals surface area contributed by atoms with Crippen LogP contribution in [0.5, 0.6) is 5.75 Å². The van der Waals surface area contributed by atoms with Crippen LogP contribution in [0.4, 0.5) is 16.2 Å². The normalized spacial score (nSPS) is 15.7. The monoisotopic (exact) mass is 477 g/mol. The van der Waals surface area contributed by atoms with Gasteiger partial charge in [0.15, 0.2) is 0 Å². The quantitative estimate of drug-likeness (QED) is 0.474. The van der Waals surface area contributed by atoms with Gasteiger partial charge in [0, 0.05) is 17.1 Å². The lowest BCUT2D eigenvalue weighted by molar-refractivity contribution is -0.124. The van der Waals surface area contributed by atoms with Crippen LogP contribution in [0.2, 0.25) is 0 Å². The number of anilines is 2. The molecule has 1 aliphatic heterocycles. The molecule has 0 unspecified atom stereocenters. The summed E-state index contributed by atoms with van der Waals surface area (Å²) < 4.78 is 5.14. The van der Waals surface area contributed by atoms with Crippen LogP contribution in [0.3, 0.4) is 0 Å². The zero-order valence-electron chi connectivity index (χ0n) is 19.4. The highest BCUT2D eigenvalue weighted by atomic mass is 32.1. The number of carbonyl (C=O) groups is 3. The van der Waals surface area contributed by atoms with E-state index in [-0.39, 0.29) is 18.2 Å².